The summed E-state index contributed by atoms with van der Waals surface area (Å²) < 4.78 is 39.2. The third-order valence-electron chi connectivity index (χ3n) is 3.05. The average molecular weight is 294 g/mol. The average Bonchev–Trinajstić information content (AvgIpc) is 2.38. The highest BCUT2D eigenvalue weighted by atomic mass is 32.2. The van der Waals surface area contributed by atoms with Crippen LogP contribution in [0.5, 0.6) is 0 Å². The molecule has 0 amide bonds. The third kappa shape index (κ3) is 2.46. The van der Waals surface area contributed by atoms with Crippen LogP contribution in [0, 0.1) is 12.7 Å². The van der Waals surface area contributed by atoms with Crippen LogP contribution >= 0.6 is 0 Å². The monoisotopic (exact) mass is 294 g/mol. The SMILES string of the molecule is Cc1cccc(N)c1S(=O)(=O)N(C)c1ccc(F)cc1. The molecule has 0 unspecified atom stereocenters. The van der Waals surface area contributed by atoms with Crippen molar-refractivity contribution in [3.8, 4) is 0 Å². The number of rotatable bonds is 3. The van der Waals surface area contributed by atoms with Gasteiger partial charge in [-0.2, -0.15) is 0 Å². The Kier molecular flexibility index (Phi) is 3.67. The van der Waals surface area contributed by atoms with Gasteiger partial charge in [0.15, 0.2) is 0 Å². The highest BCUT2D eigenvalue weighted by Gasteiger charge is 2.25. The van der Waals surface area contributed by atoms with E-state index in [0.29, 0.717) is 11.3 Å². The van der Waals surface area contributed by atoms with Gasteiger partial charge in [-0.3, -0.25) is 4.31 Å². The van der Waals surface area contributed by atoms with Gasteiger partial charge in [0, 0.05) is 7.05 Å². The van der Waals surface area contributed by atoms with Gasteiger partial charge < -0.3 is 5.73 Å². The van der Waals surface area contributed by atoms with Gasteiger partial charge in [-0.15, -0.1) is 0 Å². The molecule has 0 fully saturated rings. The van der Waals surface area contributed by atoms with Gasteiger partial charge >= 0.3 is 0 Å². The summed E-state index contributed by atoms with van der Waals surface area (Å²) in [7, 11) is -2.37. The fourth-order valence-corrected chi connectivity index (χ4v) is 3.47. The molecule has 0 aliphatic rings. The highest BCUT2D eigenvalue weighted by molar-refractivity contribution is 7.93. The van der Waals surface area contributed by atoms with E-state index in [4.69, 9.17) is 5.73 Å². The molecule has 4 nitrogen and oxygen atoms in total. The van der Waals surface area contributed by atoms with Crippen LogP contribution in [0.4, 0.5) is 15.8 Å². The summed E-state index contributed by atoms with van der Waals surface area (Å²) >= 11 is 0. The Hall–Kier alpha value is -2.08. The topological polar surface area (TPSA) is 63.4 Å². The molecule has 2 rings (SSSR count). The summed E-state index contributed by atoms with van der Waals surface area (Å²) in [5.74, 6) is -0.421. The summed E-state index contributed by atoms with van der Waals surface area (Å²) in [6, 6.07) is 10.1. The number of nitrogen functional groups attached to an aromatic ring is 1. The van der Waals surface area contributed by atoms with Crippen molar-refractivity contribution in [3.05, 3.63) is 53.8 Å². The molecule has 2 aromatic carbocycles. The first kappa shape index (κ1) is 14.3. The molecule has 0 aliphatic carbocycles. The van der Waals surface area contributed by atoms with Crippen molar-refractivity contribution in [3.63, 3.8) is 0 Å². The number of nitrogens with two attached hydrogens (primary N) is 1. The predicted molar refractivity (Wildman–Crippen MR) is 77.6 cm³/mol. The molecule has 0 saturated heterocycles. The molecule has 0 atom stereocenters. The maximum absolute atomic E-state index is 12.9. The minimum absolute atomic E-state index is 0.0758. The highest BCUT2D eigenvalue weighted by Crippen LogP contribution is 2.28. The van der Waals surface area contributed by atoms with Crippen molar-refractivity contribution in [2.75, 3.05) is 17.1 Å². The quantitative estimate of drug-likeness (QED) is 0.885. The van der Waals surface area contributed by atoms with Crippen LogP contribution in [0.15, 0.2) is 47.4 Å². The molecule has 6 heteroatoms. The zero-order chi connectivity index (χ0) is 14.9. The molecule has 0 saturated carbocycles. The van der Waals surface area contributed by atoms with Crippen molar-refractivity contribution in [1.82, 2.24) is 0 Å². The van der Waals surface area contributed by atoms with E-state index in [9.17, 15) is 12.8 Å². The second-order valence-corrected chi connectivity index (χ2v) is 6.35. The Morgan fingerprint density at radius 3 is 2.25 bits per heavy atom. The van der Waals surface area contributed by atoms with Gasteiger partial charge in [-0.1, -0.05) is 12.1 Å². The Morgan fingerprint density at radius 1 is 1.10 bits per heavy atom. The number of hydrogen-bond donors (Lipinski definition) is 1. The molecular weight excluding hydrogens is 279 g/mol. The van der Waals surface area contributed by atoms with E-state index in [0.717, 1.165) is 4.31 Å². The minimum atomic E-state index is -3.78. The van der Waals surface area contributed by atoms with Crippen molar-refractivity contribution in [2.45, 2.75) is 11.8 Å². The van der Waals surface area contributed by atoms with Crippen LogP contribution in [-0.2, 0) is 10.0 Å². The molecule has 20 heavy (non-hydrogen) atoms. The van der Waals surface area contributed by atoms with Gasteiger partial charge in [0.05, 0.1) is 11.4 Å². The largest absolute Gasteiger partial charge is 0.398 e. The lowest BCUT2D eigenvalue weighted by Crippen LogP contribution is -2.28. The molecular formula is C14H15FN2O2S. The molecule has 0 radical (unpaired) electrons. The third-order valence-corrected chi connectivity index (χ3v) is 5.06. The molecule has 0 aromatic heterocycles. The Labute approximate surface area is 117 Å². The Morgan fingerprint density at radius 2 is 1.70 bits per heavy atom. The Balaban J connectivity index is 2.52. The minimum Gasteiger partial charge on any atom is -0.398 e. The standard InChI is InChI=1S/C14H15FN2O2S/c1-10-4-3-5-13(16)14(10)20(18,19)17(2)12-8-6-11(15)7-9-12/h3-9H,16H2,1-2H3. The van der Waals surface area contributed by atoms with E-state index in [-0.39, 0.29) is 10.6 Å². The van der Waals surface area contributed by atoms with Gasteiger partial charge in [-0.05, 0) is 42.8 Å². The molecule has 0 aliphatic heterocycles. The van der Waals surface area contributed by atoms with Crippen LogP contribution in [0.25, 0.3) is 0 Å². The molecule has 106 valence electrons. The maximum Gasteiger partial charge on any atom is 0.266 e. The van der Waals surface area contributed by atoms with Gasteiger partial charge in [0.2, 0.25) is 0 Å². The van der Waals surface area contributed by atoms with Gasteiger partial charge in [0.1, 0.15) is 10.7 Å². The lowest BCUT2D eigenvalue weighted by atomic mass is 10.2. The second-order valence-electron chi connectivity index (χ2n) is 4.44. The zero-order valence-electron chi connectivity index (χ0n) is 11.2. The number of benzene rings is 2. The van der Waals surface area contributed by atoms with Crippen molar-refractivity contribution in [2.24, 2.45) is 0 Å². The van der Waals surface area contributed by atoms with E-state index in [1.165, 1.54) is 31.3 Å². The van der Waals surface area contributed by atoms with Gasteiger partial charge in [0.25, 0.3) is 10.0 Å². The van der Waals surface area contributed by atoms with Crippen molar-refractivity contribution in [1.29, 1.82) is 0 Å². The summed E-state index contributed by atoms with van der Waals surface area (Å²) in [6.07, 6.45) is 0. The normalized spacial score (nSPS) is 11.3. The van der Waals surface area contributed by atoms with Crippen LogP contribution in [0.1, 0.15) is 5.56 Å². The number of anilines is 2. The van der Waals surface area contributed by atoms with E-state index in [1.807, 2.05) is 0 Å². The summed E-state index contributed by atoms with van der Waals surface area (Å²) in [6.45, 7) is 1.68. The van der Waals surface area contributed by atoms with Crippen LogP contribution in [-0.4, -0.2) is 15.5 Å². The molecule has 2 N–H and O–H groups in total. The van der Waals surface area contributed by atoms with E-state index in [2.05, 4.69) is 0 Å². The van der Waals surface area contributed by atoms with Crippen LogP contribution in [0.3, 0.4) is 0 Å². The van der Waals surface area contributed by atoms with Crippen LogP contribution in [0.2, 0.25) is 0 Å². The van der Waals surface area contributed by atoms with E-state index >= 15 is 0 Å². The lowest BCUT2D eigenvalue weighted by Gasteiger charge is -2.21. The first-order valence-corrected chi connectivity index (χ1v) is 7.37. The maximum atomic E-state index is 12.9. The first-order valence-electron chi connectivity index (χ1n) is 5.93. The Bertz CT molecular complexity index is 707. The smallest absolute Gasteiger partial charge is 0.266 e. The lowest BCUT2D eigenvalue weighted by molar-refractivity contribution is 0.594. The van der Waals surface area contributed by atoms with Crippen molar-refractivity contribution < 1.29 is 12.8 Å². The first-order chi connectivity index (χ1) is 9.34. The van der Waals surface area contributed by atoms with Gasteiger partial charge in [-0.25, -0.2) is 12.8 Å². The fourth-order valence-electron chi connectivity index (χ4n) is 1.95. The second kappa shape index (κ2) is 5.13. The zero-order valence-corrected chi connectivity index (χ0v) is 12.0. The summed E-state index contributed by atoms with van der Waals surface area (Å²) in [5.41, 5.74) is 6.91. The summed E-state index contributed by atoms with van der Waals surface area (Å²) in [5, 5.41) is 0. The molecule has 2 aromatic rings. The summed E-state index contributed by atoms with van der Waals surface area (Å²) in [4.78, 5) is 0.0758. The van der Waals surface area contributed by atoms with E-state index < -0.39 is 15.8 Å². The predicted octanol–water partition coefficient (Wildman–Crippen LogP) is 2.54. The number of hydrogen-bond acceptors (Lipinski definition) is 3. The van der Waals surface area contributed by atoms with Crippen molar-refractivity contribution >= 4 is 21.4 Å². The number of sulfonamides is 1. The fraction of sp³-hybridized carbons (Fsp3) is 0.143. The molecule has 0 heterocycles. The van der Waals surface area contributed by atoms with E-state index in [1.54, 1.807) is 25.1 Å². The molecule has 0 spiro atoms. The number of halogens is 1. The molecule has 0 bridgehead atoms. The number of nitrogens with zero attached hydrogens (tertiary/aromatic N) is 1. The number of aryl methyl sites for hydroxylation is 1. The van der Waals surface area contributed by atoms with Crippen LogP contribution < -0.4 is 10.0 Å².